The summed E-state index contributed by atoms with van der Waals surface area (Å²) >= 11 is 2.42. The summed E-state index contributed by atoms with van der Waals surface area (Å²) in [6.07, 6.45) is 1.20. The monoisotopic (exact) mass is 582 g/mol. The molecule has 2 aromatic carbocycles. The highest BCUT2D eigenvalue weighted by Gasteiger charge is 2.24. The molecule has 12 heteroatoms. The van der Waals surface area contributed by atoms with Gasteiger partial charge in [0, 0.05) is 17.5 Å². The lowest BCUT2D eigenvalue weighted by Gasteiger charge is -2.15. The van der Waals surface area contributed by atoms with Crippen molar-refractivity contribution in [1.82, 2.24) is 14.8 Å². The first-order chi connectivity index (χ1) is 19.3. The summed E-state index contributed by atoms with van der Waals surface area (Å²) in [6.45, 7) is 6.00. The number of allylic oxidation sites excluding steroid dienone is 1. The molecule has 4 aromatic rings. The molecule has 0 saturated heterocycles. The van der Waals surface area contributed by atoms with Crippen molar-refractivity contribution in [2.24, 2.45) is 0 Å². The van der Waals surface area contributed by atoms with Crippen LogP contribution < -0.4 is 14.8 Å². The summed E-state index contributed by atoms with van der Waals surface area (Å²) in [5.41, 5.74) is 1.71. The number of benzene rings is 2. The topological polar surface area (TPSA) is 105 Å². The minimum Gasteiger partial charge on any atom is -0.497 e. The van der Waals surface area contributed by atoms with Crippen molar-refractivity contribution in [3.63, 3.8) is 0 Å². The number of nitrogens with one attached hydrogen (secondary N) is 1. The van der Waals surface area contributed by atoms with Gasteiger partial charge in [0.05, 0.1) is 20.0 Å². The van der Waals surface area contributed by atoms with E-state index < -0.39 is 12.1 Å². The molecule has 0 aliphatic carbocycles. The van der Waals surface area contributed by atoms with Crippen LogP contribution in [-0.4, -0.2) is 46.6 Å². The largest absolute Gasteiger partial charge is 0.497 e. The van der Waals surface area contributed by atoms with Crippen molar-refractivity contribution >= 4 is 40.0 Å². The number of amides is 1. The molecule has 1 atom stereocenters. The number of methoxy groups -OCH3 is 2. The lowest BCUT2D eigenvalue weighted by molar-refractivity contribution is -0.113. The summed E-state index contributed by atoms with van der Waals surface area (Å²) in [7, 11) is 2.87. The molecule has 1 N–H and O–H groups in total. The maximum atomic E-state index is 13.2. The number of halogens is 1. The first-order valence-electron chi connectivity index (χ1n) is 12.1. The van der Waals surface area contributed by atoms with Gasteiger partial charge in [-0.05, 0) is 48.9 Å². The summed E-state index contributed by atoms with van der Waals surface area (Å²) in [4.78, 5) is 25.6. The molecule has 1 amide bonds. The van der Waals surface area contributed by atoms with Crippen LogP contribution in [0, 0.1) is 5.82 Å². The van der Waals surface area contributed by atoms with Crippen molar-refractivity contribution in [1.29, 1.82) is 0 Å². The van der Waals surface area contributed by atoms with Gasteiger partial charge in [-0.15, -0.1) is 28.1 Å². The number of aromatic nitrogens is 3. The Hall–Kier alpha value is -4.16. The van der Waals surface area contributed by atoms with E-state index >= 15 is 0 Å². The SMILES string of the molecule is C=CCn1c(SCC(=O)Nc2scc(-c3ccc(OC)cc3)c2C(=O)OC)nnc1C(C)Oc1ccc(F)cc1. The minimum absolute atomic E-state index is 0.0128. The summed E-state index contributed by atoms with van der Waals surface area (Å²) in [5, 5.41) is 14.0. The third-order valence-electron chi connectivity index (χ3n) is 5.71. The second kappa shape index (κ2) is 13.3. The van der Waals surface area contributed by atoms with E-state index in [-0.39, 0.29) is 23.0 Å². The molecular formula is C28H27FN4O5S2. The van der Waals surface area contributed by atoms with Gasteiger partial charge < -0.3 is 19.5 Å². The van der Waals surface area contributed by atoms with Crippen LogP contribution in [0.5, 0.6) is 11.5 Å². The molecule has 4 rings (SSSR count). The molecule has 2 heterocycles. The van der Waals surface area contributed by atoms with Gasteiger partial charge in [-0.3, -0.25) is 9.36 Å². The van der Waals surface area contributed by atoms with Gasteiger partial charge in [-0.1, -0.05) is 30.0 Å². The van der Waals surface area contributed by atoms with Gasteiger partial charge in [0.1, 0.15) is 27.9 Å². The van der Waals surface area contributed by atoms with E-state index in [1.165, 1.54) is 54.5 Å². The summed E-state index contributed by atoms with van der Waals surface area (Å²) in [6, 6.07) is 13.0. The molecule has 0 aliphatic rings. The molecule has 0 spiro atoms. The Morgan fingerprint density at radius 3 is 2.48 bits per heavy atom. The van der Waals surface area contributed by atoms with E-state index in [1.54, 1.807) is 42.2 Å². The van der Waals surface area contributed by atoms with Gasteiger partial charge in [0.25, 0.3) is 0 Å². The van der Waals surface area contributed by atoms with E-state index in [0.29, 0.717) is 39.6 Å². The molecule has 208 valence electrons. The number of thioether (sulfide) groups is 1. The first kappa shape index (κ1) is 28.8. The van der Waals surface area contributed by atoms with Crippen molar-refractivity contribution < 1.29 is 28.2 Å². The molecule has 2 aromatic heterocycles. The van der Waals surface area contributed by atoms with Gasteiger partial charge >= 0.3 is 5.97 Å². The number of esters is 1. The highest BCUT2D eigenvalue weighted by Crippen LogP contribution is 2.37. The fourth-order valence-corrected chi connectivity index (χ4v) is 5.54. The molecule has 40 heavy (non-hydrogen) atoms. The van der Waals surface area contributed by atoms with Crippen LogP contribution in [0.3, 0.4) is 0 Å². The fraction of sp³-hybridized carbons (Fsp3) is 0.214. The van der Waals surface area contributed by atoms with E-state index in [4.69, 9.17) is 14.2 Å². The molecule has 0 radical (unpaired) electrons. The fourth-order valence-electron chi connectivity index (χ4n) is 3.81. The first-order valence-corrected chi connectivity index (χ1v) is 13.9. The second-order valence-electron chi connectivity index (χ2n) is 8.36. The Balaban J connectivity index is 1.47. The number of carbonyl (C=O) groups excluding carboxylic acids is 2. The van der Waals surface area contributed by atoms with Crippen LogP contribution in [-0.2, 0) is 16.1 Å². The van der Waals surface area contributed by atoms with Crippen LogP contribution in [0.2, 0.25) is 0 Å². The quantitative estimate of drug-likeness (QED) is 0.123. The second-order valence-corrected chi connectivity index (χ2v) is 10.2. The summed E-state index contributed by atoms with van der Waals surface area (Å²) in [5.74, 6) is 0.477. The number of thiophene rings is 1. The number of hydrogen-bond acceptors (Lipinski definition) is 9. The number of carbonyl (C=O) groups is 2. The molecule has 0 bridgehead atoms. The third kappa shape index (κ3) is 6.69. The van der Waals surface area contributed by atoms with Crippen molar-refractivity contribution in [3.05, 3.63) is 83.8 Å². The summed E-state index contributed by atoms with van der Waals surface area (Å²) < 4.78 is 31.1. The predicted octanol–water partition coefficient (Wildman–Crippen LogP) is 6.00. The average Bonchev–Trinajstić information content (AvgIpc) is 3.57. The van der Waals surface area contributed by atoms with Crippen LogP contribution >= 0.6 is 23.1 Å². The zero-order chi connectivity index (χ0) is 28.6. The Morgan fingerprint density at radius 1 is 1.12 bits per heavy atom. The number of ether oxygens (including phenoxy) is 3. The van der Waals surface area contributed by atoms with Crippen LogP contribution in [0.25, 0.3) is 11.1 Å². The van der Waals surface area contributed by atoms with Gasteiger partial charge in [-0.2, -0.15) is 0 Å². The zero-order valence-corrected chi connectivity index (χ0v) is 23.7. The van der Waals surface area contributed by atoms with Crippen LogP contribution in [0.4, 0.5) is 9.39 Å². The standard InChI is InChI=1S/C28H27FN4O5S2/c1-5-14-33-25(17(2)38-21-12-8-19(29)9-13-21)31-32-28(33)40-16-23(34)30-26-24(27(35)37-4)22(15-39-26)18-6-10-20(36-3)11-7-18/h5-13,15,17H,1,14,16H2,2-4H3,(H,30,34). The van der Waals surface area contributed by atoms with E-state index in [2.05, 4.69) is 22.1 Å². The van der Waals surface area contributed by atoms with Gasteiger partial charge in [-0.25, -0.2) is 9.18 Å². The lowest BCUT2D eigenvalue weighted by Crippen LogP contribution is -2.17. The molecule has 9 nitrogen and oxygen atoms in total. The van der Waals surface area contributed by atoms with Crippen LogP contribution in [0.1, 0.15) is 29.2 Å². The Bertz CT molecular complexity index is 1490. The Labute approximate surface area is 239 Å². The van der Waals surface area contributed by atoms with Crippen molar-refractivity contribution in [2.75, 3.05) is 25.3 Å². The van der Waals surface area contributed by atoms with Crippen LogP contribution in [0.15, 0.2) is 71.7 Å². The van der Waals surface area contributed by atoms with E-state index in [1.807, 2.05) is 12.1 Å². The van der Waals surface area contributed by atoms with Crippen molar-refractivity contribution in [3.8, 4) is 22.6 Å². The Kier molecular flexibility index (Phi) is 9.56. The molecule has 0 fully saturated rings. The number of rotatable bonds is 12. The van der Waals surface area contributed by atoms with E-state index in [9.17, 15) is 14.0 Å². The average molecular weight is 583 g/mol. The zero-order valence-electron chi connectivity index (χ0n) is 22.0. The molecule has 0 saturated carbocycles. The highest BCUT2D eigenvalue weighted by molar-refractivity contribution is 7.99. The molecule has 1 unspecified atom stereocenters. The third-order valence-corrected chi connectivity index (χ3v) is 7.58. The molecular weight excluding hydrogens is 555 g/mol. The maximum Gasteiger partial charge on any atom is 0.341 e. The number of nitrogens with zero attached hydrogens (tertiary/aromatic N) is 3. The smallest absolute Gasteiger partial charge is 0.341 e. The minimum atomic E-state index is -0.555. The highest BCUT2D eigenvalue weighted by atomic mass is 32.2. The Morgan fingerprint density at radius 2 is 1.82 bits per heavy atom. The predicted molar refractivity (Wildman–Crippen MR) is 153 cm³/mol. The number of hydrogen-bond donors (Lipinski definition) is 1. The lowest BCUT2D eigenvalue weighted by atomic mass is 10.0. The van der Waals surface area contributed by atoms with E-state index in [0.717, 1.165) is 5.56 Å². The molecule has 0 aliphatic heterocycles. The maximum absolute atomic E-state index is 13.2. The van der Waals surface area contributed by atoms with Gasteiger partial charge in [0.2, 0.25) is 5.91 Å². The number of anilines is 1. The normalized spacial score (nSPS) is 11.5. The van der Waals surface area contributed by atoms with Gasteiger partial charge in [0.15, 0.2) is 17.1 Å². The van der Waals surface area contributed by atoms with Crippen molar-refractivity contribution in [2.45, 2.75) is 24.7 Å².